The number of hydrogen-bond acceptors (Lipinski definition) is 2. The van der Waals surface area contributed by atoms with E-state index in [9.17, 15) is 0 Å². The molecule has 1 heterocycles. The molecule has 3 aromatic rings. The lowest BCUT2D eigenvalue weighted by Gasteiger charge is -1.96. The highest BCUT2D eigenvalue weighted by Gasteiger charge is 2.10. The largest absolute Gasteiger partial charge is 0.399 e. The van der Waals surface area contributed by atoms with Crippen LogP contribution < -0.4 is 5.73 Å². The minimum Gasteiger partial charge on any atom is -0.399 e. The fourth-order valence-corrected chi connectivity index (χ4v) is 2.46. The fourth-order valence-electron chi connectivity index (χ4n) is 2.21. The maximum Gasteiger partial charge on any atom is 0.118 e. The van der Waals surface area contributed by atoms with Crippen molar-refractivity contribution in [2.75, 3.05) is 5.73 Å². The predicted molar refractivity (Wildman–Crippen MR) is 86.0 cm³/mol. The van der Waals surface area contributed by atoms with Crippen LogP contribution in [0.4, 0.5) is 11.4 Å². The van der Waals surface area contributed by atoms with Gasteiger partial charge in [-0.2, -0.15) is 0 Å². The molecule has 0 saturated carbocycles. The summed E-state index contributed by atoms with van der Waals surface area (Å²) in [5.74, 6) is 0. The van der Waals surface area contributed by atoms with Crippen LogP contribution in [-0.2, 0) is 7.05 Å². The number of hydrogen-bond donors (Lipinski definition) is 1. The SMILES string of the molecule is Cn1c(Cl)c(C=Nc2ccc(N)cc2)c2ccccc21. The highest BCUT2D eigenvalue weighted by Crippen LogP contribution is 2.28. The van der Waals surface area contributed by atoms with E-state index in [0.29, 0.717) is 5.15 Å². The van der Waals surface area contributed by atoms with E-state index in [1.165, 1.54) is 0 Å². The van der Waals surface area contributed by atoms with Crippen molar-refractivity contribution >= 4 is 40.1 Å². The number of aromatic nitrogens is 1. The van der Waals surface area contributed by atoms with E-state index >= 15 is 0 Å². The number of fused-ring (bicyclic) bond motifs is 1. The minimum atomic E-state index is 0.686. The van der Waals surface area contributed by atoms with Gasteiger partial charge in [0.1, 0.15) is 5.15 Å². The molecule has 0 amide bonds. The van der Waals surface area contributed by atoms with E-state index in [0.717, 1.165) is 27.8 Å². The Morgan fingerprint density at radius 1 is 1.10 bits per heavy atom. The average Bonchev–Trinajstić information content (AvgIpc) is 2.71. The van der Waals surface area contributed by atoms with Crippen molar-refractivity contribution in [3.05, 3.63) is 59.2 Å². The lowest BCUT2D eigenvalue weighted by Crippen LogP contribution is -1.87. The lowest BCUT2D eigenvalue weighted by molar-refractivity contribution is 0.969. The van der Waals surface area contributed by atoms with Crippen molar-refractivity contribution in [2.45, 2.75) is 0 Å². The van der Waals surface area contributed by atoms with Crippen LogP contribution in [0.1, 0.15) is 5.56 Å². The van der Waals surface area contributed by atoms with Gasteiger partial charge in [0.05, 0.1) is 5.69 Å². The third kappa shape index (κ3) is 2.17. The monoisotopic (exact) mass is 283 g/mol. The molecule has 0 spiro atoms. The van der Waals surface area contributed by atoms with E-state index in [-0.39, 0.29) is 0 Å². The van der Waals surface area contributed by atoms with Crippen molar-refractivity contribution in [3.8, 4) is 0 Å². The van der Waals surface area contributed by atoms with Gasteiger partial charge in [-0.15, -0.1) is 0 Å². The number of nitrogens with two attached hydrogens (primary N) is 1. The molecule has 20 heavy (non-hydrogen) atoms. The van der Waals surface area contributed by atoms with Gasteiger partial charge in [-0.1, -0.05) is 29.8 Å². The molecule has 4 heteroatoms. The Bertz CT molecular complexity index is 785. The molecule has 3 rings (SSSR count). The summed E-state index contributed by atoms with van der Waals surface area (Å²) in [5.41, 5.74) is 9.26. The van der Waals surface area contributed by atoms with Crippen LogP contribution in [0.5, 0.6) is 0 Å². The molecule has 0 unspecified atom stereocenters. The van der Waals surface area contributed by atoms with Crippen molar-refractivity contribution in [2.24, 2.45) is 12.0 Å². The quantitative estimate of drug-likeness (QED) is 0.557. The van der Waals surface area contributed by atoms with E-state index in [4.69, 9.17) is 17.3 Å². The van der Waals surface area contributed by atoms with Crippen LogP contribution in [-0.4, -0.2) is 10.8 Å². The standard InChI is InChI=1S/C16H14ClN3/c1-20-15-5-3-2-4-13(15)14(16(20)17)10-19-12-8-6-11(18)7-9-12/h2-10H,18H2,1H3. The third-order valence-electron chi connectivity index (χ3n) is 3.31. The molecule has 0 atom stereocenters. The van der Waals surface area contributed by atoms with Gasteiger partial charge >= 0.3 is 0 Å². The van der Waals surface area contributed by atoms with Crippen LogP contribution in [0.25, 0.3) is 10.9 Å². The summed E-state index contributed by atoms with van der Waals surface area (Å²) in [5, 5.41) is 1.78. The van der Waals surface area contributed by atoms with Crippen LogP contribution in [0.3, 0.4) is 0 Å². The number of halogens is 1. The summed E-state index contributed by atoms with van der Waals surface area (Å²) in [6, 6.07) is 15.5. The van der Waals surface area contributed by atoms with E-state index in [2.05, 4.69) is 4.99 Å². The molecular formula is C16H14ClN3. The van der Waals surface area contributed by atoms with E-state index < -0.39 is 0 Å². The number of aliphatic imine (C=N–C) groups is 1. The van der Waals surface area contributed by atoms with Gasteiger partial charge in [-0.3, -0.25) is 4.99 Å². The van der Waals surface area contributed by atoms with Crippen molar-refractivity contribution in [3.63, 3.8) is 0 Å². The molecule has 0 saturated heterocycles. The molecule has 0 aliphatic rings. The van der Waals surface area contributed by atoms with Gasteiger partial charge in [0.2, 0.25) is 0 Å². The Kier molecular flexibility index (Phi) is 3.20. The summed E-state index contributed by atoms with van der Waals surface area (Å²) >= 11 is 6.38. The molecule has 0 radical (unpaired) electrons. The highest BCUT2D eigenvalue weighted by molar-refractivity contribution is 6.34. The molecular weight excluding hydrogens is 270 g/mol. The summed E-state index contributed by atoms with van der Waals surface area (Å²) in [6.07, 6.45) is 1.80. The van der Waals surface area contributed by atoms with Gasteiger partial charge in [-0.05, 0) is 30.3 Å². The second-order valence-corrected chi connectivity index (χ2v) is 4.99. The summed E-state index contributed by atoms with van der Waals surface area (Å²) in [6.45, 7) is 0. The van der Waals surface area contributed by atoms with Crippen molar-refractivity contribution in [1.82, 2.24) is 4.57 Å². The Morgan fingerprint density at radius 3 is 2.55 bits per heavy atom. The maximum atomic E-state index is 6.38. The van der Waals surface area contributed by atoms with Crippen molar-refractivity contribution < 1.29 is 0 Å². The first-order valence-corrected chi connectivity index (χ1v) is 6.67. The van der Waals surface area contributed by atoms with Gasteiger partial charge in [0.25, 0.3) is 0 Å². The zero-order valence-corrected chi connectivity index (χ0v) is 11.8. The number of rotatable bonds is 2. The molecule has 0 aliphatic heterocycles. The van der Waals surface area contributed by atoms with Crippen LogP contribution in [0.15, 0.2) is 53.5 Å². The number of benzene rings is 2. The van der Waals surface area contributed by atoms with Crippen LogP contribution in [0.2, 0.25) is 5.15 Å². The zero-order chi connectivity index (χ0) is 14.1. The third-order valence-corrected chi connectivity index (χ3v) is 3.77. The van der Waals surface area contributed by atoms with Crippen LogP contribution in [0, 0.1) is 0 Å². The van der Waals surface area contributed by atoms with Gasteiger partial charge in [0.15, 0.2) is 0 Å². The topological polar surface area (TPSA) is 43.3 Å². The first-order chi connectivity index (χ1) is 9.66. The Labute approximate surface area is 122 Å². The Balaban J connectivity index is 2.06. The smallest absolute Gasteiger partial charge is 0.118 e. The molecule has 2 N–H and O–H groups in total. The molecule has 0 aliphatic carbocycles. The summed E-state index contributed by atoms with van der Waals surface area (Å²) in [4.78, 5) is 4.46. The Morgan fingerprint density at radius 2 is 1.80 bits per heavy atom. The van der Waals surface area contributed by atoms with Crippen LogP contribution >= 0.6 is 11.6 Å². The first kappa shape index (κ1) is 12.8. The first-order valence-electron chi connectivity index (χ1n) is 6.29. The normalized spacial score (nSPS) is 11.5. The lowest BCUT2D eigenvalue weighted by atomic mass is 10.2. The summed E-state index contributed by atoms with van der Waals surface area (Å²) < 4.78 is 1.96. The number of anilines is 1. The number of para-hydroxylation sites is 1. The zero-order valence-electron chi connectivity index (χ0n) is 11.0. The number of aryl methyl sites for hydroxylation is 1. The summed E-state index contributed by atoms with van der Waals surface area (Å²) in [7, 11) is 1.95. The highest BCUT2D eigenvalue weighted by atomic mass is 35.5. The molecule has 1 aromatic heterocycles. The average molecular weight is 284 g/mol. The van der Waals surface area contributed by atoms with Crippen molar-refractivity contribution in [1.29, 1.82) is 0 Å². The van der Waals surface area contributed by atoms with E-state index in [1.807, 2.05) is 60.1 Å². The molecule has 0 bridgehead atoms. The fraction of sp³-hybridized carbons (Fsp3) is 0.0625. The maximum absolute atomic E-state index is 6.38. The van der Waals surface area contributed by atoms with Gasteiger partial charge < -0.3 is 10.3 Å². The van der Waals surface area contributed by atoms with Gasteiger partial charge in [-0.25, -0.2) is 0 Å². The second kappa shape index (κ2) is 5.02. The van der Waals surface area contributed by atoms with E-state index in [1.54, 1.807) is 6.21 Å². The molecule has 3 nitrogen and oxygen atoms in total. The minimum absolute atomic E-state index is 0.686. The van der Waals surface area contributed by atoms with Gasteiger partial charge in [0, 0.05) is 35.4 Å². The number of nitrogens with zero attached hydrogens (tertiary/aromatic N) is 2. The second-order valence-electron chi connectivity index (χ2n) is 4.63. The molecule has 100 valence electrons. The predicted octanol–water partition coefficient (Wildman–Crippen LogP) is 4.16. The molecule has 0 fully saturated rings. The Hall–Kier alpha value is -2.26. The molecule has 2 aromatic carbocycles. The number of nitrogen functional groups attached to an aromatic ring is 1.